The standard InChI is InChI=1S/C14H24ClN5O3/c1-5-9-22-12-19-10(15)18-11(20-12)16-7-6-8-17-13(21)23-14(2,3)4/h5-9H2,1-4H3,(H,17,21)(H,16,18,19,20). The second-order valence-corrected chi connectivity index (χ2v) is 6.11. The van der Waals surface area contributed by atoms with Crippen LogP contribution in [0.3, 0.4) is 0 Å². The predicted molar refractivity (Wildman–Crippen MR) is 88.0 cm³/mol. The highest BCUT2D eigenvalue weighted by Gasteiger charge is 2.15. The van der Waals surface area contributed by atoms with Crippen LogP contribution in [0.1, 0.15) is 40.5 Å². The molecule has 1 aromatic heterocycles. The van der Waals surface area contributed by atoms with Gasteiger partial charge in [-0.3, -0.25) is 0 Å². The fraction of sp³-hybridized carbons (Fsp3) is 0.714. The summed E-state index contributed by atoms with van der Waals surface area (Å²) in [5, 5.41) is 5.75. The lowest BCUT2D eigenvalue weighted by atomic mass is 10.2. The molecular weight excluding hydrogens is 322 g/mol. The molecule has 1 heterocycles. The minimum atomic E-state index is -0.501. The molecule has 0 unspecified atom stereocenters. The van der Waals surface area contributed by atoms with E-state index in [9.17, 15) is 4.79 Å². The van der Waals surface area contributed by atoms with Crippen molar-refractivity contribution < 1.29 is 14.3 Å². The van der Waals surface area contributed by atoms with E-state index in [1.165, 1.54) is 0 Å². The Bertz CT molecular complexity index is 508. The third kappa shape index (κ3) is 9.02. The number of aromatic nitrogens is 3. The highest BCUT2D eigenvalue weighted by Crippen LogP contribution is 2.11. The summed E-state index contributed by atoms with van der Waals surface area (Å²) in [7, 11) is 0. The van der Waals surface area contributed by atoms with Gasteiger partial charge in [0.25, 0.3) is 0 Å². The Morgan fingerprint density at radius 2 is 1.96 bits per heavy atom. The monoisotopic (exact) mass is 345 g/mol. The number of nitrogens with one attached hydrogen (secondary N) is 2. The van der Waals surface area contributed by atoms with Crippen molar-refractivity contribution >= 4 is 23.6 Å². The van der Waals surface area contributed by atoms with Gasteiger partial charge in [0.05, 0.1) is 6.61 Å². The number of nitrogens with zero attached hydrogens (tertiary/aromatic N) is 3. The van der Waals surface area contributed by atoms with E-state index in [-0.39, 0.29) is 11.3 Å². The summed E-state index contributed by atoms with van der Waals surface area (Å²) in [5.74, 6) is 0.341. The first-order chi connectivity index (χ1) is 10.8. The minimum absolute atomic E-state index is 0.0699. The number of rotatable bonds is 8. The quantitative estimate of drug-likeness (QED) is 0.699. The van der Waals surface area contributed by atoms with Gasteiger partial charge in [0.1, 0.15) is 5.60 Å². The van der Waals surface area contributed by atoms with Gasteiger partial charge >= 0.3 is 12.1 Å². The number of hydrogen-bond acceptors (Lipinski definition) is 7. The zero-order chi connectivity index (χ0) is 17.3. The normalized spacial score (nSPS) is 11.0. The molecule has 0 aromatic carbocycles. The highest BCUT2D eigenvalue weighted by molar-refractivity contribution is 6.28. The Hall–Kier alpha value is -1.83. The summed E-state index contributed by atoms with van der Waals surface area (Å²) < 4.78 is 10.5. The number of anilines is 1. The van der Waals surface area contributed by atoms with Crippen LogP contribution in [0.4, 0.5) is 10.7 Å². The van der Waals surface area contributed by atoms with Crippen molar-refractivity contribution in [2.75, 3.05) is 25.0 Å². The van der Waals surface area contributed by atoms with E-state index in [4.69, 9.17) is 21.1 Å². The minimum Gasteiger partial charge on any atom is -0.463 e. The number of ether oxygens (including phenoxy) is 2. The predicted octanol–water partition coefficient (Wildman–Crippen LogP) is 2.64. The van der Waals surface area contributed by atoms with E-state index in [1.807, 2.05) is 27.7 Å². The van der Waals surface area contributed by atoms with Crippen molar-refractivity contribution in [1.82, 2.24) is 20.3 Å². The molecule has 1 aromatic rings. The molecule has 8 nitrogen and oxygen atoms in total. The van der Waals surface area contributed by atoms with Crippen LogP contribution in [0.2, 0.25) is 5.28 Å². The molecule has 23 heavy (non-hydrogen) atoms. The largest absolute Gasteiger partial charge is 0.463 e. The molecule has 0 bridgehead atoms. The number of hydrogen-bond donors (Lipinski definition) is 2. The molecule has 0 radical (unpaired) electrons. The molecule has 0 spiro atoms. The second-order valence-electron chi connectivity index (χ2n) is 5.77. The molecule has 0 saturated heterocycles. The van der Waals surface area contributed by atoms with Crippen molar-refractivity contribution in [2.45, 2.75) is 46.1 Å². The van der Waals surface area contributed by atoms with Crippen LogP contribution in [0, 0.1) is 0 Å². The van der Waals surface area contributed by atoms with E-state index in [1.54, 1.807) is 0 Å². The molecule has 0 fully saturated rings. The maximum atomic E-state index is 11.5. The number of amides is 1. The first-order valence-electron chi connectivity index (χ1n) is 7.55. The lowest BCUT2D eigenvalue weighted by Crippen LogP contribution is -2.33. The van der Waals surface area contributed by atoms with E-state index in [2.05, 4.69) is 25.6 Å². The SMILES string of the molecule is CCCOc1nc(Cl)nc(NCCCNC(=O)OC(C)(C)C)n1. The Kier molecular flexibility index (Phi) is 7.80. The zero-order valence-corrected chi connectivity index (χ0v) is 14.7. The van der Waals surface area contributed by atoms with E-state index < -0.39 is 11.7 Å². The zero-order valence-electron chi connectivity index (χ0n) is 14.0. The Morgan fingerprint density at radius 1 is 1.22 bits per heavy atom. The lowest BCUT2D eigenvalue weighted by molar-refractivity contribution is 0.0528. The topological polar surface area (TPSA) is 98.3 Å². The molecule has 0 aliphatic heterocycles. The van der Waals surface area contributed by atoms with Crippen molar-refractivity contribution in [3.8, 4) is 6.01 Å². The van der Waals surface area contributed by atoms with Crippen molar-refractivity contribution in [3.63, 3.8) is 0 Å². The summed E-state index contributed by atoms with van der Waals surface area (Å²) in [4.78, 5) is 23.4. The van der Waals surface area contributed by atoms with Gasteiger partial charge in [-0.2, -0.15) is 15.0 Å². The van der Waals surface area contributed by atoms with E-state index in [0.29, 0.717) is 32.1 Å². The van der Waals surface area contributed by atoms with Crippen LogP contribution in [0.25, 0.3) is 0 Å². The Balaban J connectivity index is 2.30. The smallest absolute Gasteiger partial charge is 0.407 e. The van der Waals surface area contributed by atoms with E-state index >= 15 is 0 Å². The van der Waals surface area contributed by atoms with Gasteiger partial charge in [0.2, 0.25) is 11.2 Å². The third-order valence-corrected chi connectivity index (χ3v) is 2.50. The van der Waals surface area contributed by atoms with Crippen molar-refractivity contribution in [3.05, 3.63) is 5.28 Å². The maximum absolute atomic E-state index is 11.5. The summed E-state index contributed by atoms with van der Waals surface area (Å²) in [6.45, 7) is 8.98. The average molecular weight is 346 g/mol. The molecule has 0 saturated carbocycles. The Morgan fingerprint density at radius 3 is 2.61 bits per heavy atom. The fourth-order valence-corrected chi connectivity index (χ4v) is 1.61. The second kappa shape index (κ2) is 9.34. The third-order valence-electron chi connectivity index (χ3n) is 2.33. The van der Waals surface area contributed by atoms with Crippen molar-refractivity contribution in [2.24, 2.45) is 0 Å². The fourth-order valence-electron chi connectivity index (χ4n) is 1.46. The molecule has 9 heteroatoms. The van der Waals surface area contributed by atoms with Gasteiger partial charge in [-0.15, -0.1) is 0 Å². The highest BCUT2D eigenvalue weighted by atomic mass is 35.5. The van der Waals surface area contributed by atoms with Crippen molar-refractivity contribution in [1.29, 1.82) is 0 Å². The lowest BCUT2D eigenvalue weighted by Gasteiger charge is -2.19. The van der Waals surface area contributed by atoms with Crippen LogP contribution in [0.5, 0.6) is 6.01 Å². The number of carbonyl (C=O) groups is 1. The summed E-state index contributed by atoms with van der Waals surface area (Å²) in [6.07, 6.45) is 1.09. The van der Waals surface area contributed by atoms with E-state index in [0.717, 1.165) is 6.42 Å². The summed E-state index contributed by atoms with van der Waals surface area (Å²) in [6, 6.07) is 0.196. The van der Waals surface area contributed by atoms with Gasteiger partial charge in [0, 0.05) is 13.1 Å². The molecule has 2 N–H and O–H groups in total. The van der Waals surface area contributed by atoms with Crippen LogP contribution in [-0.4, -0.2) is 46.3 Å². The average Bonchev–Trinajstić information content (AvgIpc) is 2.42. The van der Waals surface area contributed by atoms with Crippen LogP contribution in [-0.2, 0) is 4.74 Å². The number of halogens is 1. The summed E-state index contributed by atoms with van der Waals surface area (Å²) in [5.41, 5.74) is -0.501. The molecule has 0 atom stereocenters. The van der Waals surface area contributed by atoms with Crippen LogP contribution in [0.15, 0.2) is 0 Å². The van der Waals surface area contributed by atoms with Gasteiger partial charge in [0.15, 0.2) is 0 Å². The van der Waals surface area contributed by atoms with Gasteiger partial charge in [-0.1, -0.05) is 6.92 Å². The molecule has 0 aliphatic carbocycles. The molecule has 1 rings (SSSR count). The van der Waals surface area contributed by atoms with Gasteiger partial charge in [-0.25, -0.2) is 4.79 Å². The maximum Gasteiger partial charge on any atom is 0.407 e. The summed E-state index contributed by atoms with van der Waals surface area (Å²) >= 11 is 5.82. The molecule has 130 valence electrons. The molecule has 1 amide bonds. The van der Waals surface area contributed by atoms with Crippen LogP contribution < -0.4 is 15.4 Å². The van der Waals surface area contributed by atoms with Gasteiger partial charge < -0.3 is 20.1 Å². The van der Waals surface area contributed by atoms with Crippen LogP contribution >= 0.6 is 11.6 Å². The van der Waals surface area contributed by atoms with Gasteiger partial charge in [-0.05, 0) is 45.2 Å². The Labute approximate surface area is 141 Å². The number of alkyl carbamates (subject to hydrolysis) is 1. The molecular formula is C14H24ClN5O3. The first-order valence-corrected chi connectivity index (χ1v) is 7.93. The number of carbonyl (C=O) groups excluding carboxylic acids is 1. The molecule has 0 aliphatic rings. The first kappa shape index (κ1) is 19.2.